The molecule has 6 heteroatoms. The summed E-state index contributed by atoms with van der Waals surface area (Å²) < 4.78 is 28.1. The standard InChI is InChI=1S/C16H19N3O2S/c1-11(2)13-8-9-15(22(20,21)19-16(17)18)14(10-13)12-6-4-3-5-7-12/h3-11H,1-2H3,(H4,17,18,19). The van der Waals surface area contributed by atoms with E-state index in [0.717, 1.165) is 11.1 Å². The third kappa shape index (κ3) is 3.46. The maximum absolute atomic E-state index is 12.4. The van der Waals surface area contributed by atoms with Gasteiger partial charge in [-0.15, -0.1) is 4.40 Å². The summed E-state index contributed by atoms with van der Waals surface area (Å²) >= 11 is 0. The Hall–Kier alpha value is -2.34. The van der Waals surface area contributed by atoms with Crippen molar-refractivity contribution in [1.82, 2.24) is 0 Å². The summed E-state index contributed by atoms with van der Waals surface area (Å²) in [4.78, 5) is 0.0940. The van der Waals surface area contributed by atoms with Gasteiger partial charge in [-0.05, 0) is 29.2 Å². The number of sulfonamides is 1. The summed E-state index contributed by atoms with van der Waals surface area (Å²) in [5.41, 5.74) is 12.9. The molecule has 0 spiro atoms. The van der Waals surface area contributed by atoms with Crippen molar-refractivity contribution in [2.45, 2.75) is 24.7 Å². The van der Waals surface area contributed by atoms with E-state index in [1.807, 2.05) is 50.2 Å². The lowest BCUT2D eigenvalue weighted by Gasteiger charge is -2.13. The van der Waals surface area contributed by atoms with Crippen molar-refractivity contribution in [2.24, 2.45) is 15.9 Å². The molecule has 0 atom stereocenters. The average Bonchev–Trinajstić information content (AvgIpc) is 2.46. The molecule has 4 N–H and O–H groups in total. The molecule has 0 fully saturated rings. The smallest absolute Gasteiger partial charge is 0.286 e. The van der Waals surface area contributed by atoms with Gasteiger partial charge in [-0.2, -0.15) is 8.42 Å². The van der Waals surface area contributed by atoms with E-state index in [-0.39, 0.29) is 10.8 Å². The summed E-state index contributed by atoms with van der Waals surface area (Å²) in [6.45, 7) is 4.10. The van der Waals surface area contributed by atoms with Gasteiger partial charge in [-0.25, -0.2) is 0 Å². The largest absolute Gasteiger partial charge is 0.369 e. The molecule has 2 rings (SSSR count). The average molecular weight is 317 g/mol. The van der Waals surface area contributed by atoms with Crippen LogP contribution < -0.4 is 11.5 Å². The number of benzene rings is 2. The molecule has 0 saturated carbocycles. The van der Waals surface area contributed by atoms with Crippen LogP contribution in [0.3, 0.4) is 0 Å². The van der Waals surface area contributed by atoms with Crippen LogP contribution >= 0.6 is 0 Å². The second kappa shape index (κ2) is 6.19. The Balaban J connectivity index is 2.73. The van der Waals surface area contributed by atoms with Gasteiger partial charge >= 0.3 is 0 Å². The number of guanidine groups is 1. The van der Waals surface area contributed by atoms with Crippen molar-refractivity contribution in [3.05, 3.63) is 54.1 Å². The van der Waals surface area contributed by atoms with E-state index < -0.39 is 16.0 Å². The quantitative estimate of drug-likeness (QED) is 0.668. The number of hydrogen-bond donors (Lipinski definition) is 2. The van der Waals surface area contributed by atoms with Gasteiger partial charge in [0.05, 0.1) is 4.90 Å². The lowest BCUT2D eigenvalue weighted by molar-refractivity contribution is 0.598. The van der Waals surface area contributed by atoms with Crippen LogP contribution in [0, 0.1) is 0 Å². The van der Waals surface area contributed by atoms with Gasteiger partial charge in [0, 0.05) is 5.56 Å². The van der Waals surface area contributed by atoms with E-state index >= 15 is 0 Å². The van der Waals surface area contributed by atoms with E-state index in [0.29, 0.717) is 5.56 Å². The number of nitrogens with zero attached hydrogens (tertiary/aromatic N) is 1. The van der Waals surface area contributed by atoms with Crippen molar-refractivity contribution in [3.63, 3.8) is 0 Å². The fourth-order valence-electron chi connectivity index (χ4n) is 2.16. The van der Waals surface area contributed by atoms with Crippen molar-refractivity contribution in [3.8, 4) is 11.1 Å². The maximum Gasteiger partial charge on any atom is 0.286 e. The van der Waals surface area contributed by atoms with Gasteiger partial charge in [0.2, 0.25) is 5.96 Å². The minimum absolute atomic E-state index is 0.0940. The zero-order valence-corrected chi connectivity index (χ0v) is 13.3. The van der Waals surface area contributed by atoms with Crippen molar-refractivity contribution in [1.29, 1.82) is 0 Å². The molecule has 0 heterocycles. The highest BCUT2D eigenvalue weighted by Gasteiger charge is 2.20. The van der Waals surface area contributed by atoms with Crippen LogP contribution in [0.2, 0.25) is 0 Å². The summed E-state index contributed by atoms with van der Waals surface area (Å²) in [5.74, 6) is -0.200. The Bertz CT molecular complexity index is 793. The van der Waals surface area contributed by atoms with Crippen molar-refractivity contribution in [2.75, 3.05) is 0 Å². The van der Waals surface area contributed by atoms with Gasteiger partial charge < -0.3 is 11.5 Å². The molecule has 0 aliphatic heterocycles. The Morgan fingerprint density at radius 3 is 2.23 bits per heavy atom. The van der Waals surface area contributed by atoms with E-state index in [9.17, 15) is 8.42 Å². The Labute approximate surface area is 130 Å². The summed E-state index contributed by atoms with van der Waals surface area (Å²) in [5, 5.41) is 0. The summed E-state index contributed by atoms with van der Waals surface area (Å²) in [6.07, 6.45) is 0. The molecule has 2 aromatic carbocycles. The SMILES string of the molecule is CC(C)c1ccc(S(=O)(=O)N=C(N)N)c(-c2ccccc2)c1. The first-order valence-electron chi connectivity index (χ1n) is 6.86. The molecule has 116 valence electrons. The van der Waals surface area contributed by atoms with E-state index in [1.54, 1.807) is 12.1 Å². The van der Waals surface area contributed by atoms with Crippen LogP contribution in [-0.2, 0) is 10.0 Å². The molecule has 0 unspecified atom stereocenters. The highest BCUT2D eigenvalue weighted by molar-refractivity contribution is 7.90. The molecule has 22 heavy (non-hydrogen) atoms. The molecule has 0 radical (unpaired) electrons. The second-order valence-corrected chi connectivity index (χ2v) is 6.84. The van der Waals surface area contributed by atoms with E-state index in [4.69, 9.17) is 11.5 Å². The lowest BCUT2D eigenvalue weighted by Crippen LogP contribution is -2.24. The fourth-order valence-corrected chi connectivity index (χ4v) is 3.23. The highest BCUT2D eigenvalue weighted by atomic mass is 32.2. The minimum Gasteiger partial charge on any atom is -0.369 e. The fraction of sp³-hybridized carbons (Fsp3) is 0.188. The van der Waals surface area contributed by atoms with Gasteiger partial charge in [-0.3, -0.25) is 0 Å². The van der Waals surface area contributed by atoms with Gasteiger partial charge in [0.15, 0.2) is 0 Å². The van der Waals surface area contributed by atoms with Crippen LogP contribution in [-0.4, -0.2) is 14.4 Å². The normalized spacial score (nSPS) is 11.4. The molecule has 0 saturated heterocycles. The van der Waals surface area contributed by atoms with Gasteiger partial charge in [0.25, 0.3) is 10.0 Å². The lowest BCUT2D eigenvalue weighted by atomic mass is 9.97. The Morgan fingerprint density at radius 2 is 1.68 bits per heavy atom. The van der Waals surface area contributed by atoms with Crippen LogP contribution in [0.4, 0.5) is 0 Å². The highest BCUT2D eigenvalue weighted by Crippen LogP contribution is 2.31. The predicted molar refractivity (Wildman–Crippen MR) is 89.0 cm³/mol. The molecular weight excluding hydrogens is 298 g/mol. The summed E-state index contributed by atoms with van der Waals surface area (Å²) in [6, 6.07) is 14.5. The minimum atomic E-state index is -3.94. The maximum atomic E-state index is 12.4. The zero-order chi connectivity index (χ0) is 16.3. The number of hydrogen-bond acceptors (Lipinski definition) is 2. The predicted octanol–water partition coefficient (Wildman–Crippen LogP) is 2.44. The molecule has 0 aliphatic rings. The third-order valence-corrected chi connectivity index (χ3v) is 4.62. The van der Waals surface area contributed by atoms with Crippen molar-refractivity contribution < 1.29 is 8.42 Å². The zero-order valence-electron chi connectivity index (χ0n) is 12.5. The first kappa shape index (κ1) is 16.0. The Kier molecular flexibility index (Phi) is 4.51. The summed E-state index contributed by atoms with van der Waals surface area (Å²) in [7, 11) is -3.94. The van der Waals surface area contributed by atoms with Crippen LogP contribution in [0.25, 0.3) is 11.1 Å². The molecular formula is C16H19N3O2S. The van der Waals surface area contributed by atoms with E-state index in [2.05, 4.69) is 4.40 Å². The van der Waals surface area contributed by atoms with Gasteiger partial charge in [-0.1, -0.05) is 50.2 Å². The number of rotatable bonds is 4. The first-order valence-corrected chi connectivity index (χ1v) is 8.30. The monoisotopic (exact) mass is 317 g/mol. The third-order valence-electron chi connectivity index (χ3n) is 3.26. The molecule has 0 amide bonds. The van der Waals surface area contributed by atoms with E-state index in [1.165, 1.54) is 0 Å². The molecule has 5 nitrogen and oxygen atoms in total. The Morgan fingerprint density at radius 1 is 1.05 bits per heavy atom. The van der Waals surface area contributed by atoms with Crippen LogP contribution in [0.5, 0.6) is 0 Å². The molecule has 0 aliphatic carbocycles. The van der Waals surface area contributed by atoms with Crippen LogP contribution in [0.1, 0.15) is 25.3 Å². The topological polar surface area (TPSA) is 98.5 Å². The molecule has 0 bridgehead atoms. The molecule has 0 aromatic heterocycles. The molecule has 2 aromatic rings. The van der Waals surface area contributed by atoms with Gasteiger partial charge in [0.1, 0.15) is 0 Å². The van der Waals surface area contributed by atoms with Crippen molar-refractivity contribution >= 4 is 16.0 Å². The number of nitrogens with two attached hydrogens (primary N) is 2. The second-order valence-electron chi connectivity index (χ2n) is 5.27. The first-order chi connectivity index (χ1) is 10.3. The van der Waals surface area contributed by atoms with Crippen LogP contribution in [0.15, 0.2) is 57.8 Å².